The first kappa shape index (κ1) is 19.4. The Morgan fingerprint density at radius 2 is 1.76 bits per heavy atom. The normalized spacial score (nSPS) is 16.6. The van der Waals surface area contributed by atoms with E-state index in [0.29, 0.717) is 53.8 Å². The number of carbonyl (C=O) groups excluding carboxylic acids is 3. The molecule has 2 fully saturated rings. The first-order chi connectivity index (χ1) is 14.0. The standard InChI is InChI=1S/C20H21ClN4O4/c1-12-16(17(23-29-12)14-4-2-3-5-15(14)21)19(27)24-8-10-25(11-9-24)20(28)18(26)22-13-6-7-13/h2-5,13H,6-11H2,1H3,(H,22,26). The van der Waals surface area contributed by atoms with Crippen LogP contribution in [0.5, 0.6) is 0 Å². The molecule has 8 nitrogen and oxygen atoms in total. The first-order valence-electron chi connectivity index (χ1n) is 9.56. The summed E-state index contributed by atoms with van der Waals surface area (Å²) in [6.45, 7) is 2.94. The summed E-state index contributed by atoms with van der Waals surface area (Å²) in [4.78, 5) is 40.5. The number of benzene rings is 1. The van der Waals surface area contributed by atoms with Crippen molar-refractivity contribution in [3.05, 3.63) is 40.6 Å². The minimum Gasteiger partial charge on any atom is -0.360 e. The third kappa shape index (κ3) is 3.98. The summed E-state index contributed by atoms with van der Waals surface area (Å²) < 4.78 is 5.28. The van der Waals surface area contributed by atoms with Crippen LogP contribution < -0.4 is 5.32 Å². The Bertz CT molecular complexity index is 961. The third-order valence-corrected chi connectivity index (χ3v) is 5.50. The molecule has 4 rings (SSSR count). The highest BCUT2D eigenvalue weighted by molar-refractivity contribution is 6.35. The van der Waals surface area contributed by atoms with Crippen LogP contribution in [0.1, 0.15) is 29.0 Å². The minimum absolute atomic E-state index is 0.133. The predicted molar refractivity (Wildman–Crippen MR) is 105 cm³/mol. The van der Waals surface area contributed by atoms with Crippen molar-refractivity contribution in [2.24, 2.45) is 0 Å². The molecule has 1 saturated carbocycles. The molecule has 0 radical (unpaired) electrons. The molecule has 1 saturated heterocycles. The molecule has 9 heteroatoms. The number of amides is 3. The van der Waals surface area contributed by atoms with Gasteiger partial charge < -0.3 is 19.6 Å². The zero-order valence-electron chi connectivity index (χ0n) is 16.0. The summed E-state index contributed by atoms with van der Waals surface area (Å²) in [6, 6.07) is 7.26. The van der Waals surface area contributed by atoms with E-state index >= 15 is 0 Å². The lowest BCUT2D eigenvalue weighted by Gasteiger charge is -2.34. The smallest absolute Gasteiger partial charge is 0.312 e. The second-order valence-corrected chi connectivity index (χ2v) is 7.68. The topological polar surface area (TPSA) is 95.8 Å². The van der Waals surface area contributed by atoms with Gasteiger partial charge in [0.25, 0.3) is 5.91 Å². The molecule has 1 aliphatic carbocycles. The quantitative estimate of drug-likeness (QED) is 0.770. The number of hydrogen-bond acceptors (Lipinski definition) is 5. The Morgan fingerprint density at radius 3 is 2.41 bits per heavy atom. The van der Waals surface area contributed by atoms with Gasteiger partial charge in [-0.1, -0.05) is 35.0 Å². The lowest BCUT2D eigenvalue weighted by molar-refractivity contribution is -0.146. The molecule has 2 aliphatic rings. The summed E-state index contributed by atoms with van der Waals surface area (Å²) in [6.07, 6.45) is 1.85. The molecule has 0 atom stereocenters. The number of nitrogens with zero attached hydrogens (tertiary/aromatic N) is 3. The molecule has 0 spiro atoms. The lowest BCUT2D eigenvalue weighted by atomic mass is 10.0. The Balaban J connectivity index is 1.45. The van der Waals surface area contributed by atoms with Crippen LogP contribution in [-0.4, -0.2) is 64.9 Å². The van der Waals surface area contributed by atoms with Crippen molar-refractivity contribution < 1.29 is 18.9 Å². The van der Waals surface area contributed by atoms with Gasteiger partial charge in [-0.15, -0.1) is 0 Å². The van der Waals surface area contributed by atoms with Gasteiger partial charge in [0.05, 0.1) is 5.02 Å². The van der Waals surface area contributed by atoms with E-state index < -0.39 is 11.8 Å². The average molecular weight is 417 g/mol. The van der Waals surface area contributed by atoms with Crippen molar-refractivity contribution >= 4 is 29.3 Å². The van der Waals surface area contributed by atoms with Crippen LogP contribution in [0.2, 0.25) is 5.02 Å². The molecule has 0 bridgehead atoms. The fraction of sp³-hybridized carbons (Fsp3) is 0.400. The van der Waals surface area contributed by atoms with Gasteiger partial charge in [-0.25, -0.2) is 0 Å². The summed E-state index contributed by atoms with van der Waals surface area (Å²) in [5.41, 5.74) is 1.39. The molecule has 1 aromatic carbocycles. The van der Waals surface area contributed by atoms with Crippen molar-refractivity contribution in [2.45, 2.75) is 25.8 Å². The van der Waals surface area contributed by atoms with E-state index in [1.165, 1.54) is 4.90 Å². The number of halogens is 1. The van der Waals surface area contributed by atoms with Crippen LogP contribution in [0.15, 0.2) is 28.8 Å². The van der Waals surface area contributed by atoms with Crippen LogP contribution in [0.4, 0.5) is 0 Å². The SMILES string of the molecule is Cc1onc(-c2ccccc2Cl)c1C(=O)N1CCN(C(=O)C(=O)NC2CC2)CC1. The van der Waals surface area contributed by atoms with Crippen LogP contribution >= 0.6 is 11.6 Å². The zero-order valence-corrected chi connectivity index (χ0v) is 16.7. The van der Waals surface area contributed by atoms with E-state index in [-0.39, 0.29) is 11.9 Å². The van der Waals surface area contributed by atoms with E-state index in [1.54, 1.807) is 30.0 Å². The second kappa shape index (κ2) is 7.87. The maximum Gasteiger partial charge on any atom is 0.312 e. The fourth-order valence-corrected chi connectivity index (χ4v) is 3.58. The molecular weight excluding hydrogens is 396 g/mol. The van der Waals surface area contributed by atoms with E-state index in [4.69, 9.17) is 16.1 Å². The number of nitrogens with one attached hydrogen (secondary N) is 1. The maximum atomic E-state index is 13.2. The van der Waals surface area contributed by atoms with Gasteiger partial charge in [-0.05, 0) is 25.8 Å². The number of piperazine rings is 1. The van der Waals surface area contributed by atoms with Gasteiger partial charge in [0, 0.05) is 37.8 Å². The minimum atomic E-state index is -0.567. The van der Waals surface area contributed by atoms with Crippen molar-refractivity contribution in [1.82, 2.24) is 20.3 Å². The molecular formula is C20H21ClN4O4. The summed E-state index contributed by atoms with van der Waals surface area (Å²) in [5, 5.41) is 7.22. The van der Waals surface area contributed by atoms with Crippen LogP contribution in [0.25, 0.3) is 11.3 Å². The highest BCUT2D eigenvalue weighted by Gasteiger charge is 2.33. The molecule has 3 amide bonds. The molecule has 152 valence electrons. The monoisotopic (exact) mass is 416 g/mol. The number of rotatable bonds is 3. The van der Waals surface area contributed by atoms with E-state index in [0.717, 1.165) is 12.8 Å². The molecule has 1 N–H and O–H groups in total. The summed E-state index contributed by atoms with van der Waals surface area (Å²) in [7, 11) is 0. The van der Waals surface area contributed by atoms with Gasteiger partial charge in [-0.3, -0.25) is 14.4 Å². The van der Waals surface area contributed by atoms with Gasteiger partial charge in [0.15, 0.2) is 0 Å². The molecule has 1 aliphatic heterocycles. The zero-order chi connectivity index (χ0) is 20.5. The molecule has 0 unspecified atom stereocenters. The van der Waals surface area contributed by atoms with E-state index in [2.05, 4.69) is 10.5 Å². The largest absolute Gasteiger partial charge is 0.360 e. The molecule has 2 aromatic rings. The van der Waals surface area contributed by atoms with E-state index in [9.17, 15) is 14.4 Å². The van der Waals surface area contributed by atoms with Gasteiger partial charge in [-0.2, -0.15) is 0 Å². The first-order valence-corrected chi connectivity index (χ1v) is 9.93. The van der Waals surface area contributed by atoms with Crippen molar-refractivity contribution in [3.8, 4) is 11.3 Å². The second-order valence-electron chi connectivity index (χ2n) is 7.27. The summed E-state index contributed by atoms with van der Waals surface area (Å²) in [5.74, 6) is -0.925. The van der Waals surface area contributed by atoms with Gasteiger partial charge in [0.2, 0.25) is 0 Å². The molecule has 2 heterocycles. The van der Waals surface area contributed by atoms with Crippen molar-refractivity contribution in [1.29, 1.82) is 0 Å². The third-order valence-electron chi connectivity index (χ3n) is 5.17. The Kier molecular flexibility index (Phi) is 5.27. The van der Waals surface area contributed by atoms with Crippen LogP contribution in [-0.2, 0) is 9.59 Å². The Labute approximate surface area is 172 Å². The number of hydrogen-bond donors (Lipinski definition) is 1. The van der Waals surface area contributed by atoms with Gasteiger partial charge >= 0.3 is 11.8 Å². The lowest BCUT2D eigenvalue weighted by Crippen LogP contribution is -2.54. The molecule has 1 aromatic heterocycles. The Morgan fingerprint density at radius 1 is 1.10 bits per heavy atom. The van der Waals surface area contributed by atoms with E-state index in [1.807, 2.05) is 6.07 Å². The maximum absolute atomic E-state index is 13.2. The predicted octanol–water partition coefficient (Wildman–Crippen LogP) is 1.87. The highest BCUT2D eigenvalue weighted by atomic mass is 35.5. The number of aromatic nitrogens is 1. The van der Waals surface area contributed by atoms with Gasteiger partial charge in [0.1, 0.15) is 17.0 Å². The van der Waals surface area contributed by atoms with Crippen molar-refractivity contribution in [2.75, 3.05) is 26.2 Å². The molecule has 29 heavy (non-hydrogen) atoms. The summed E-state index contributed by atoms with van der Waals surface area (Å²) >= 11 is 6.27. The van der Waals surface area contributed by atoms with Crippen LogP contribution in [0, 0.1) is 6.92 Å². The average Bonchev–Trinajstić information content (AvgIpc) is 3.46. The number of carbonyl (C=O) groups is 3. The van der Waals surface area contributed by atoms with Crippen LogP contribution in [0.3, 0.4) is 0 Å². The fourth-order valence-electron chi connectivity index (χ4n) is 3.35. The Hall–Kier alpha value is -2.87. The van der Waals surface area contributed by atoms with Crippen molar-refractivity contribution in [3.63, 3.8) is 0 Å². The highest BCUT2D eigenvalue weighted by Crippen LogP contribution is 2.31. The number of aryl methyl sites for hydroxylation is 1.